The van der Waals surface area contributed by atoms with Crippen molar-refractivity contribution < 1.29 is 4.79 Å². The number of carbonyl (C=O) groups excluding carboxylic acids is 1. The molecule has 1 heterocycles. The first kappa shape index (κ1) is 14.5. The number of rotatable bonds is 4. The van der Waals surface area contributed by atoms with Crippen molar-refractivity contribution in [2.45, 2.75) is 32.2 Å². The zero-order chi connectivity index (χ0) is 13.1. The van der Waals surface area contributed by atoms with E-state index in [2.05, 4.69) is 47.1 Å². The lowest BCUT2D eigenvalue weighted by Crippen LogP contribution is -2.50. The maximum absolute atomic E-state index is 12.0. The Morgan fingerprint density at radius 1 is 1.47 bits per heavy atom. The van der Waals surface area contributed by atoms with E-state index >= 15 is 0 Å². The van der Waals surface area contributed by atoms with Crippen LogP contribution in [0.25, 0.3) is 0 Å². The molecule has 0 radical (unpaired) electrons. The van der Waals surface area contributed by atoms with Crippen LogP contribution in [-0.4, -0.2) is 21.4 Å². The van der Waals surface area contributed by atoms with E-state index in [0.29, 0.717) is 27.9 Å². The molecule has 1 amide bonds. The average Bonchev–Trinajstić information content (AvgIpc) is 2.31. The van der Waals surface area contributed by atoms with E-state index in [0.717, 1.165) is 0 Å². The minimum Gasteiger partial charge on any atom is -0.317 e. The summed E-state index contributed by atoms with van der Waals surface area (Å²) in [6.45, 7) is 3.76. The summed E-state index contributed by atoms with van der Waals surface area (Å²) in [7, 11) is 0. The van der Waals surface area contributed by atoms with Gasteiger partial charge in [0.1, 0.15) is 9.21 Å². The second-order valence-corrected chi connectivity index (χ2v) is 5.21. The number of anilines is 1. The Labute approximate surface area is 117 Å². The summed E-state index contributed by atoms with van der Waals surface area (Å²) in [4.78, 5) is 20.1. The molecule has 1 rings (SSSR count). The van der Waals surface area contributed by atoms with E-state index in [1.165, 1.54) is 6.20 Å². The molecule has 0 aliphatic rings. The van der Waals surface area contributed by atoms with Crippen LogP contribution in [0, 0.1) is 0 Å². The summed E-state index contributed by atoms with van der Waals surface area (Å²) in [6, 6.07) is 0. The van der Waals surface area contributed by atoms with Gasteiger partial charge in [0.2, 0.25) is 5.91 Å². The summed E-state index contributed by atoms with van der Waals surface area (Å²) in [5, 5.41) is 2.67. The van der Waals surface area contributed by atoms with Crippen LogP contribution in [0.2, 0.25) is 0 Å². The van der Waals surface area contributed by atoms with Crippen LogP contribution >= 0.6 is 31.9 Å². The Kier molecular flexibility index (Phi) is 5.03. The molecule has 0 spiro atoms. The van der Waals surface area contributed by atoms with Gasteiger partial charge in [-0.2, -0.15) is 0 Å². The van der Waals surface area contributed by atoms with Crippen LogP contribution in [0.4, 0.5) is 5.82 Å². The van der Waals surface area contributed by atoms with Crippen molar-refractivity contribution in [2.75, 3.05) is 5.32 Å². The minimum absolute atomic E-state index is 0.250. The van der Waals surface area contributed by atoms with Gasteiger partial charge in [0.05, 0.1) is 11.7 Å². The number of nitrogens with zero attached hydrogens (tertiary/aromatic N) is 2. The van der Waals surface area contributed by atoms with Gasteiger partial charge in [-0.3, -0.25) is 4.79 Å². The lowest BCUT2D eigenvalue weighted by atomic mass is 9.93. The summed E-state index contributed by atoms with van der Waals surface area (Å²) >= 11 is 6.42. The van der Waals surface area contributed by atoms with E-state index < -0.39 is 5.54 Å². The Morgan fingerprint density at radius 3 is 2.53 bits per heavy atom. The Morgan fingerprint density at radius 2 is 2.06 bits per heavy atom. The van der Waals surface area contributed by atoms with E-state index in [1.54, 1.807) is 0 Å². The van der Waals surface area contributed by atoms with E-state index in [1.807, 2.05) is 13.8 Å². The number of carbonyl (C=O) groups is 1. The highest BCUT2D eigenvalue weighted by Gasteiger charge is 2.30. The molecular formula is C10H14Br2N4O. The highest BCUT2D eigenvalue weighted by Crippen LogP contribution is 2.21. The molecule has 0 atom stereocenters. The zero-order valence-electron chi connectivity index (χ0n) is 9.63. The molecule has 0 fully saturated rings. The van der Waals surface area contributed by atoms with Crippen molar-refractivity contribution in [1.82, 2.24) is 9.97 Å². The molecule has 1 aromatic heterocycles. The Balaban J connectivity index is 2.88. The zero-order valence-corrected chi connectivity index (χ0v) is 12.8. The molecule has 0 aliphatic carbocycles. The molecule has 0 saturated carbocycles. The van der Waals surface area contributed by atoms with Crippen LogP contribution in [0.15, 0.2) is 15.4 Å². The van der Waals surface area contributed by atoms with Gasteiger partial charge in [-0.05, 0) is 44.7 Å². The fraction of sp³-hybridized carbons (Fsp3) is 0.500. The van der Waals surface area contributed by atoms with Crippen LogP contribution in [0.5, 0.6) is 0 Å². The number of hydrogen-bond acceptors (Lipinski definition) is 4. The van der Waals surface area contributed by atoms with Crippen molar-refractivity contribution in [3.63, 3.8) is 0 Å². The van der Waals surface area contributed by atoms with Gasteiger partial charge in [0, 0.05) is 0 Å². The minimum atomic E-state index is -0.867. The third kappa shape index (κ3) is 3.46. The predicted molar refractivity (Wildman–Crippen MR) is 73.6 cm³/mol. The molecule has 94 valence electrons. The Hall–Kier alpha value is -0.530. The highest BCUT2D eigenvalue weighted by molar-refractivity contribution is 9.11. The van der Waals surface area contributed by atoms with E-state index in [-0.39, 0.29) is 5.91 Å². The summed E-state index contributed by atoms with van der Waals surface area (Å²) in [5.74, 6) is 0.120. The molecule has 0 aliphatic heterocycles. The second kappa shape index (κ2) is 5.88. The van der Waals surface area contributed by atoms with Gasteiger partial charge in [0.25, 0.3) is 0 Å². The first-order valence-electron chi connectivity index (χ1n) is 5.21. The quantitative estimate of drug-likeness (QED) is 0.858. The number of amides is 1. The third-order valence-electron chi connectivity index (χ3n) is 2.65. The monoisotopic (exact) mass is 364 g/mol. The van der Waals surface area contributed by atoms with Gasteiger partial charge in [-0.25, -0.2) is 9.97 Å². The van der Waals surface area contributed by atoms with Gasteiger partial charge in [0.15, 0.2) is 5.82 Å². The van der Waals surface area contributed by atoms with Crippen molar-refractivity contribution in [3.05, 3.63) is 15.4 Å². The molecule has 17 heavy (non-hydrogen) atoms. The van der Waals surface area contributed by atoms with Crippen LogP contribution in [0.3, 0.4) is 0 Å². The fourth-order valence-electron chi connectivity index (χ4n) is 1.23. The van der Waals surface area contributed by atoms with Crippen molar-refractivity contribution in [1.29, 1.82) is 0 Å². The maximum atomic E-state index is 12.0. The molecule has 0 aromatic carbocycles. The van der Waals surface area contributed by atoms with Gasteiger partial charge in [-0.1, -0.05) is 13.8 Å². The topological polar surface area (TPSA) is 80.9 Å². The molecule has 5 nitrogen and oxygen atoms in total. The maximum Gasteiger partial charge on any atom is 0.245 e. The number of aromatic nitrogens is 2. The van der Waals surface area contributed by atoms with Crippen LogP contribution in [0.1, 0.15) is 26.7 Å². The molecule has 0 bridgehead atoms. The SMILES string of the molecule is CCC(N)(CC)C(=O)Nc1ncc(Br)nc1Br. The normalized spacial score (nSPS) is 11.4. The largest absolute Gasteiger partial charge is 0.317 e. The van der Waals surface area contributed by atoms with Crippen molar-refractivity contribution in [3.8, 4) is 0 Å². The summed E-state index contributed by atoms with van der Waals surface area (Å²) in [6.07, 6.45) is 2.64. The van der Waals surface area contributed by atoms with Gasteiger partial charge >= 0.3 is 0 Å². The van der Waals surface area contributed by atoms with E-state index in [4.69, 9.17) is 5.73 Å². The van der Waals surface area contributed by atoms with Gasteiger partial charge < -0.3 is 11.1 Å². The first-order valence-corrected chi connectivity index (χ1v) is 6.80. The second-order valence-electron chi connectivity index (χ2n) is 3.65. The first-order chi connectivity index (χ1) is 7.92. The van der Waals surface area contributed by atoms with Gasteiger partial charge in [-0.15, -0.1) is 0 Å². The lowest BCUT2D eigenvalue weighted by Gasteiger charge is -2.24. The molecule has 1 aromatic rings. The third-order valence-corrected chi connectivity index (χ3v) is 3.58. The van der Waals surface area contributed by atoms with Crippen molar-refractivity contribution >= 4 is 43.6 Å². The van der Waals surface area contributed by atoms with Crippen LogP contribution in [-0.2, 0) is 4.79 Å². The standard InChI is InChI=1S/C10H14Br2N4O/c1-3-10(13,4-2)9(17)16-8-7(12)15-6(11)5-14-8/h5H,3-4,13H2,1-2H3,(H,14,16,17). The molecule has 0 saturated heterocycles. The number of nitrogens with two attached hydrogens (primary N) is 1. The Bertz CT molecular complexity index is 421. The lowest BCUT2D eigenvalue weighted by molar-refractivity contribution is -0.121. The fourth-order valence-corrected chi connectivity index (χ4v) is 2.14. The predicted octanol–water partition coefficient (Wildman–Crippen LogP) is 2.46. The summed E-state index contributed by atoms with van der Waals surface area (Å²) < 4.78 is 1.06. The molecule has 7 heteroatoms. The van der Waals surface area contributed by atoms with E-state index in [9.17, 15) is 4.79 Å². The summed E-state index contributed by atoms with van der Waals surface area (Å²) in [5.41, 5.74) is 5.12. The average molecular weight is 366 g/mol. The van der Waals surface area contributed by atoms with Crippen LogP contribution < -0.4 is 11.1 Å². The molecule has 0 unspecified atom stereocenters. The van der Waals surface area contributed by atoms with Crippen molar-refractivity contribution in [2.24, 2.45) is 5.73 Å². The molecular weight excluding hydrogens is 352 g/mol. The number of hydrogen-bond donors (Lipinski definition) is 2. The smallest absolute Gasteiger partial charge is 0.245 e. The highest BCUT2D eigenvalue weighted by atomic mass is 79.9. The number of nitrogens with one attached hydrogen (secondary N) is 1. The molecule has 3 N–H and O–H groups in total. The number of halogens is 2.